The summed E-state index contributed by atoms with van der Waals surface area (Å²) in [5.41, 5.74) is 0. The van der Waals surface area contributed by atoms with Crippen molar-refractivity contribution < 1.29 is 9.47 Å². The van der Waals surface area contributed by atoms with E-state index in [4.69, 9.17) is 9.47 Å². The van der Waals surface area contributed by atoms with Crippen LogP contribution in [0.5, 0.6) is 0 Å². The Hall–Kier alpha value is -0.500. The van der Waals surface area contributed by atoms with Crippen molar-refractivity contribution in [3.8, 4) is 0 Å². The number of rotatable bonds is 9. The molecule has 0 saturated heterocycles. The third kappa shape index (κ3) is 9.59. The predicted molar refractivity (Wildman–Crippen MR) is 60.3 cm³/mol. The van der Waals surface area contributed by atoms with Crippen LogP contribution in [0, 0.1) is 0 Å². The Labute approximate surface area is 88.3 Å². The van der Waals surface area contributed by atoms with Crippen LogP contribution in [0.2, 0.25) is 0 Å². The summed E-state index contributed by atoms with van der Waals surface area (Å²) in [6.07, 6.45) is 6.65. The van der Waals surface area contributed by atoms with Crippen LogP contribution in [0.4, 0.5) is 0 Å². The van der Waals surface area contributed by atoms with Crippen LogP contribution in [0.25, 0.3) is 0 Å². The molecule has 0 aliphatic heterocycles. The molecule has 0 bridgehead atoms. The maximum atomic E-state index is 5.47. The first-order valence-electron chi connectivity index (χ1n) is 5.68. The van der Waals surface area contributed by atoms with Gasteiger partial charge in [-0.05, 0) is 25.8 Å². The normalized spacial score (nSPS) is 11.8. The molecule has 0 heterocycles. The standard InChI is InChI=1S/C12H24O2/c1-4-6-9-13-11-8-12(3)14-10-7-5-2/h8H,4-7,9-11H2,1-3H3/b12-8+. The van der Waals surface area contributed by atoms with Crippen molar-refractivity contribution in [2.45, 2.75) is 46.5 Å². The molecule has 0 aliphatic rings. The molecule has 0 radical (unpaired) electrons. The van der Waals surface area contributed by atoms with Gasteiger partial charge >= 0.3 is 0 Å². The second-order valence-electron chi connectivity index (χ2n) is 3.45. The largest absolute Gasteiger partial charge is 0.498 e. The molecule has 0 unspecified atom stereocenters. The Morgan fingerprint density at radius 2 is 1.71 bits per heavy atom. The van der Waals surface area contributed by atoms with Crippen LogP contribution < -0.4 is 0 Å². The molecule has 0 rings (SSSR count). The Bertz CT molecular complexity index is 141. The van der Waals surface area contributed by atoms with E-state index in [0.717, 1.165) is 31.8 Å². The molecule has 0 atom stereocenters. The van der Waals surface area contributed by atoms with E-state index < -0.39 is 0 Å². The van der Waals surface area contributed by atoms with Crippen LogP contribution in [-0.4, -0.2) is 19.8 Å². The van der Waals surface area contributed by atoms with E-state index in [-0.39, 0.29) is 0 Å². The lowest BCUT2D eigenvalue weighted by Crippen LogP contribution is -1.97. The molecule has 2 nitrogen and oxygen atoms in total. The van der Waals surface area contributed by atoms with Gasteiger partial charge in [-0.2, -0.15) is 0 Å². The maximum absolute atomic E-state index is 5.47. The molecule has 84 valence electrons. The highest BCUT2D eigenvalue weighted by atomic mass is 16.5. The quantitative estimate of drug-likeness (QED) is 0.419. The monoisotopic (exact) mass is 200 g/mol. The fourth-order valence-electron chi connectivity index (χ4n) is 0.942. The molecular formula is C12H24O2. The Kier molecular flexibility index (Phi) is 10.2. The number of hydrogen-bond donors (Lipinski definition) is 0. The molecule has 2 heteroatoms. The van der Waals surface area contributed by atoms with E-state index in [1.165, 1.54) is 12.8 Å². The average molecular weight is 200 g/mol. The van der Waals surface area contributed by atoms with Crippen molar-refractivity contribution in [2.75, 3.05) is 19.8 Å². The topological polar surface area (TPSA) is 18.5 Å². The fraction of sp³-hybridized carbons (Fsp3) is 0.833. The summed E-state index contributed by atoms with van der Waals surface area (Å²) in [6, 6.07) is 0. The van der Waals surface area contributed by atoms with Gasteiger partial charge in [-0.1, -0.05) is 26.7 Å². The lowest BCUT2D eigenvalue weighted by Gasteiger charge is -2.05. The van der Waals surface area contributed by atoms with Crippen LogP contribution in [-0.2, 0) is 9.47 Å². The zero-order valence-corrected chi connectivity index (χ0v) is 9.84. The van der Waals surface area contributed by atoms with Crippen LogP contribution in [0.1, 0.15) is 46.5 Å². The minimum atomic E-state index is 0.679. The summed E-state index contributed by atoms with van der Waals surface area (Å²) >= 11 is 0. The highest BCUT2D eigenvalue weighted by Gasteiger charge is 1.90. The fourth-order valence-corrected chi connectivity index (χ4v) is 0.942. The minimum Gasteiger partial charge on any atom is -0.498 e. The summed E-state index contributed by atoms with van der Waals surface area (Å²) < 4.78 is 10.9. The first-order chi connectivity index (χ1) is 6.81. The van der Waals surface area contributed by atoms with Gasteiger partial charge in [0.15, 0.2) is 0 Å². The maximum Gasteiger partial charge on any atom is 0.0911 e. The molecule has 0 aromatic rings. The first-order valence-corrected chi connectivity index (χ1v) is 5.68. The van der Waals surface area contributed by atoms with E-state index in [9.17, 15) is 0 Å². The van der Waals surface area contributed by atoms with Crippen LogP contribution in [0.3, 0.4) is 0 Å². The number of unbranched alkanes of at least 4 members (excludes halogenated alkanes) is 2. The van der Waals surface area contributed by atoms with Gasteiger partial charge < -0.3 is 9.47 Å². The molecule has 0 fully saturated rings. The highest BCUT2D eigenvalue weighted by Crippen LogP contribution is 1.98. The number of allylic oxidation sites excluding steroid dienone is 1. The summed E-state index contributed by atoms with van der Waals surface area (Å²) in [7, 11) is 0. The van der Waals surface area contributed by atoms with Crippen molar-refractivity contribution in [1.82, 2.24) is 0 Å². The van der Waals surface area contributed by atoms with Gasteiger partial charge in [0, 0.05) is 6.61 Å². The molecule has 14 heavy (non-hydrogen) atoms. The average Bonchev–Trinajstić information content (AvgIpc) is 2.18. The van der Waals surface area contributed by atoms with Gasteiger partial charge in [0.25, 0.3) is 0 Å². The number of ether oxygens (including phenoxy) is 2. The molecule has 0 spiro atoms. The van der Waals surface area contributed by atoms with Gasteiger partial charge in [-0.3, -0.25) is 0 Å². The van der Waals surface area contributed by atoms with E-state index in [0.29, 0.717) is 6.61 Å². The van der Waals surface area contributed by atoms with E-state index >= 15 is 0 Å². The van der Waals surface area contributed by atoms with Gasteiger partial charge in [0.2, 0.25) is 0 Å². The molecule has 0 saturated carbocycles. The van der Waals surface area contributed by atoms with Crippen LogP contribution >= 0.6 is 0 Å². The van der Waals surface area contributed by atoms with Crippen molar-refractivity contribution in [3.05, 3.63) is 11.8 Å². The summed E-state index contributed by atoms with van der Waals surface area (Å²) in [5.74, 6) is 0.981. The van der Waals surface area contributed by atoms with Gasteiger partial charge in [0.1, 0.15) is 0 Å². The second-order valence-corrected chi connectivity index (χ2v) is 3.45. The Balaban J connectivity index is 3.27. The second kappa shape index (κ2) is 10.6. The molecule has 0 N–H and O–H groups in total. The number of hydrogen-bond acceptors (Lipinski definition) is 2. The van der Waals surface area contributed by atoms with Crippen molar-refractivity contribution in [1.29, 1.82) is 0 Å². The van der Waals surface area contributed by atoms with E-state index in [1.54, 1.807) is 0 Å². The zero-order valence-electron chi connectivity index (χ0n) is 9.84. The lowest BCUT2D eigenvalue weighted by atomic mass is 10.3. The summed E-state index contributed by atoms with van der Waals surface area (Å²) in [4.78, 5) is 0. The summed E-state index contributed by atoms with van der Waals surface area (Å²) in [6.45, 7) is 8.68. The molecule has 0 aromatic heterocycles. The molecule has 0 amide bonds. The van der Waals surface area contributed by atoms with Gasteiger partial charge in [-0.25, -0.2) is 0 Å². The predicted octanol–water partition coefficient (Wildman–Crippen LogP) is 3.52. The molecule has 0 aliphatic carbocycles. The lowest BCUT2D eigenvalue weighted by molar-refractivity contribution is 0.151. The van der Waals surface area contributed by atoms with Crippen LogP contribution in [0.15, 0.2) is 11.8 Å². The molecule has 0 aromatic carbocycles. The van der Waals surface area contributed by atoms with Gasteiger partial charge in [0.05, 0.1) is 19.0 Å². The Morgan fingerprint density at radius 3 is 2.36 bits per heavy atom. The zero-order chi connectivity index (χ0) is 10.6. The SMILES string of the molecule is CCCCOC/C=C(\C)OCCCC. The van der Waals surface area contributed by atoms with E-state index in [1.807, 2.05) is 13.0 Å². The Morgan fingerprint density at radius 1 is 1.07 bits per heavy atom. The van der Waals surface area contributed by atoms with Crippen molar-refractivity contribution in [3.63, 3.8) is 0 Å². The van der Waals surface area contributed by atoms with Crippen molar-refractivity contribution >= 4 is 0 Å². The first kappa shape index (κ1) is 13.5. The minimum absolute atomic E-state index is 0.679. The highest BCUT2D eigenvalue weighted by molar-refractivity contribution is 4.88. The smallest absolute Gasteiger partial charge is 0.0911 e. The summed E-state index contributed by atoms with van der Waals surface area (Å²) in [5, 5.41) is 0. The molecular weight excluding hydrogens is 176 g/mol. The van der Waals surface area contributed by atoms with Gasteiger partial charge in [-0.15, -0.1) is 0 Å². The van der Waals surface area contributed by atoms with E-state index in [2.05, 4.69) is 13.8 Å². The third-order valence-electron chi connectivity index (χ3n) is 1.96. The van der Waals surface area contributed by atoms with Crippen molar-refractivity contribution in [2.24, 2.45) is 0 Å². The third-order valence-corrected chi connectivity index (χ3v) is 1.96.